The summed E-state index contributed by atoms with van der Waals surface area (Å²) in [5.74, 6) is 2.10. The van der Waals surface area contributed by atoms with E-state index in [0.717, 1.165) is 12.5 Å². The largest absolute Gasteiger partial charge is 0.493 e. The van der Waals surface area contributed by atoms with Gasteiger partial charge in [0.2, 0.25) is 11.7 Å². The van der Waals surface area contributed by atoms with Crippen LogP contribution in [-0.2, 0) is 4.79 Å². The fourth-order valence-corrected chi connectivity index (χ4v) is 2.11. The first-order chi connectivity index (χ1) is 10.2. The molecule has 0 unspecified atom stereocenters. The van der Waals surface area contributed by atoms with E-state index in [2.05, 4.69) is 10.6 Å². The van der Waals surface area contributed by atoms with E-state index in [-0.39, 0.29) is 12.5 Å². The zero-order chi connectivity index (χ0) is 15.2. The van der Waals surface area contributed by atoms with Gasteiger partial charge in [0.25, 0.3) is 0 Å². The Balaban J connectivity index is 2.02. The van der Waals surface area contributed by atoms with Gasteiger partial charge < -0.3 is 24.8 Å². The van der Waals surface area contributed by atoms with Gasteiger partial charge in [-0.25, -0.2) is 0 Å². The highest BCUT2D eigenvalue weighted by atomic mass is 16.5. The van der Waals surface area contributed by atoms with Gasteiger partial charge in [-0.3, -0.25) is 4.79 Å². The monoisotopic (exact) mass is 294 g/mol. The third-order valence-corrected chi connectivity index (χ3v) is 3.39. The van der Waals surface area contributed by atoms with Crippen molar-refractivity contribution >= 4 is 11.6 Å². The highest BCUT2D eigenvalue weighted by molar-refractivity contribution is 5.94. The molecule has 0 aliphatic heterocycles. The maximum absolute atomic E-state index is 11.9. The highest BCUT2D eigenvalue weighted by Crippen LogP contribution is 2.42. The molecule has 21 heavy (non-hydrogen) atoms. The predicted octanol–water partition coefficient (Wildman–Crippen LogP) is 1.65. The van der Waals surface area contributed by atoms with E-state index < -0.39 is 0 Å². The van der Waals surface area contributed by atoms with Crippen LogP contribution in [0.1, 0.15) is 12.8 Å². The number of methoxy groups -OCH3 is 3. The maximum atomic E-state index is 11.9. The zero-order valence-corrected chi connectivity index (χ0v) is 12.7. The molecule has 1 amide bonds. The predicted molar refractivity (Wildman–Crippen MR) is 80.3 cm³/mol. The van der Waals surface area contributed by atoms with Crippen LogP contribution in [-0.4, -0.2) is 40.3 Å². The first-order valence-corrected chi connectivity index (χ1v) is 6.99. The number of carbonyl (C=O) groups is 1. The van der Waals surface area contributed by atoms with E-state index in [1.165, 1.54) is 27.1 Å². The minimum atomic E-state index is -0.110. The Bertz CT molecular complexity index is 501. The molecule has 0 saturated heterocycles. The molecule has 0 bridgehead atoms. The zero-order valence-electron chi connectivity index (χ0n) is 12.7. The first-order valence-electron chi connectivity index (χ1n) is 6.99. The summed E-state index contributed by atoms with van der Waals surface area (Å²) < 4.78 is 15.8. The highest BCUT2D eigenvalue weighted by Gasteiger charge is 2.21. The summed E-state index contributed by atoms with van der Waals surface area (Å²) in [7, 11) is 4.61. The van der Waals surface area contributed by atoms with Gasteiger partial charge in [0.15, 0.2) is 11.5 Å². The molecule has 6 nitrogen and oxygen atoms in total. The maximum Gasteiger partial charge on any atom is 0.238 e. The Hall–Kier alpha value is -1.95. The van der Waals surface area contributed by atoms with E-state index in [1.54, 1.807) is 19.2 Å². The van der Waals surface area contributed by atoms with Gasteiger partial charge in [-0.1, -0.05) is 0 Å². The van der Waals surface area contributed by atoms with Gasteiger partial charge in [0.1, 0.15) is 0 Å². The normalized spacial score (nSPS) is 13.7. The standard InChI is InChI=1S/C15H22N2O4/c1-19-12-7-6-11(14(20-2)15(12)21-3)17-13(18)9-16-8-10-4-5-10/h6-7,10,16H,4-5,8-9H2,1-3H3,(H,17,18). The fourth-order valence-electron chi connectivity index (χ4n) is 2.11. The average Bonchev–Trinajstić information content (AvgIpc) is 3.30. The molecule has 6 heteroatoms. The number of carbonyl (C=O) groups excluding carboxylic acids is 1. The molecule has 1 fully saturated rings. The number of amides is 1. The molecule has 1 aromatic rings. The summed E-state index contributed by atoms with van der Waals surface area (Å²) in [6.07, 6.45) is 2.52. The molecule has 0 spiro atoms. The van der Waals surface area contributed by atoms with Crippen LogP contribution in [0.15, 0.2) is 12.1 Å². The van der Waals surface area contributed by atoms with Crippen LogP contribution >= 0.6 is 0 Å². The molecule has 116 valence electrons. The number of anilines is 1. The lowest BCUT2D eigenvalue weighted by molar-refractivity contribution is -0.115. The third kappa shape index (κ3) is 4.01. The van der Waals surface area contributed by atoms with Crippen LogP contribution < -0.4 is 24.8 Å². The van der Waals surface area contributed by atoms with Crippen molar-refractivity contribution in [3.05, 3.63) is 12.1 Å². The third-order valence-electron chi connectivity index (χ3n) is 3.39. The van der Waals surface area contributed by atoms with Crippen molar-refractivity contribution in [1.82, 2.24) is 5.32 Å². The molecule has 1 saturated carbocycles. The second-order valence-electron chi connectivity index (χ2n) is 5.00. The summed E-state index contributed by atoms with van der Waals surface area (Å²) in [5.41, 5.74) is 0.563. The lowest BCUT2D eigenvalue weighted by Crippen LogP contribution is -2.29. The van der Waals surface area contributed by atoms with Gasteiger partial charge in [-0.05, 0) is 37.4 Å². The fraction of sp³-hybridized carbons (Fsp3) is 0.533. The number of benzene rings is 1. The van der Waals surface area contributed by atoms with Crippen molar-refractivity contribution in [1.29, 1.82) is 0 Å². The number of rotatable bonds is 8. The summed E-state index contributed by atoms with van der Waals surface area (Å²) >= 11 is 0. The van der Waals surface area contributed by atoms with Gasteiger partial charge in [-0.2, -0.15) is 0 Å². The van der Waals surface area contributed by atoms with E-state index in [0.29, 0.717) is 22.9 Å². The first kappa shape index (κ1) is 15.4. The SMILES string of the molecule is COc1ccc(NC(=O)CNCC2CC2)c(OC)c1OC. The van der Waals surface area contributed by atoms with Gasteiger partial charge in [0.05, 0.1) is 33.6 Å². The van der Waals surface area contributed by atoms with E-state index >= 15 is 0 Å². The minimum absolute atomic E-state index is 0.110. The number of hydrogen-bond acceptors (Lipinski definition) is 5. The van der Waals surface area contributed by atoms with Crippen LogP contribution in [0.2, 0.25) is 0 Å². The summed E-state index contributed by atoms with van der Waals surface area (Å²) in [6.45, 7) is 1.19. The molecule has 0 radical (unpaired) electrons. The Morgan fingerprint density at radius 3 is 2.43 bits per heavy atom. The Morgan fingerprint density at radius 2 is 1.86 bits per heavy atom. The molecule has 0 atom stereocenters. The minimum Gasteiger partial charge on any atom is -0.493 e. The average molecular weight is 294 g/mol. The Labute approximate surface area is 124 Å². The Kier molecular flexibility index (Phi) is 5.27. The lowest BCUT2D eigenvalue weighted by atomic mass is 10.2. The molecule has 2 N–H and O–H groups in total. The van der Waals surface area contributed by atoms with Crippen LogP contribution in [0, 0.1) is 5.92 Å². The molecule has 1 aliphatic rings. The van der Waals surface area contributed by atoms with Crippen molar-refractivity contribution in [3.8, 4) is 17.2 Å². The van der Waals surface area contributed by atoms with Crippen molar-refractivity contribution in [2.75, 3.05) is 39.7 Å². The molecular weight excluding hydrogens is 272 g/mol. The summed E-state index contributed by atoms with van der Waals surface area (Å²) in [4.78, 5) is 11.9. The van der Waals surface area contributed by atoms with Crippen molar-refractivity contribution in [2.24, 2.45) is 5.92 Å². The number of hydrogen-bond donors (Lipinski definition) is 2. The lowest BCUT2D eigenvalue weighted by Gasteiger charge is -2.16. The summed E-state index contributed by atoms with van der Waals surface area (Å²) in [5, 5.41) is 5.97. The topological polar surface area (TPSA) is 68.8 Å². The van der Waals surface area contributed by atoms with Crippen molar-refractivity contribution in [2.45, 2.75) is 12.8 Å². The number of nitrogens with one attached hydrogen (secondary N) is 2. The van der Waals surface area contributed by atoms with E-state index in [1.807, 2.05) is 0 Å². The Morgan fingerprint density at radius 1 is 1.14 bits per heavy atom. The molecule has 0 heterocycles. The quantitative estimate of drug-likeness (QED) is 0.763. The molecule has 2 rings (SSSR count). The van der Waals surface area contributed by atoms with E-state index in [4.69, 9.17) is 14.2 Å². The smallest absolute Gasteiger partial charge is 0.238 e. The molecule has 1 aromatic carbocycles. The van der Waals surface area contributed by atoms with Crippen LogP contribution in [0.5, 0.6) is 17.2 Å². The van der Waals surface area contributed by atoms with Gasteiger partial charge in [0, 0.05) is 0 Å². The van der Waals surface area contributed by atoms with Crippen LogP contribution in [0.25, 0.3) is 0 Å². The number of ether oxygens (including phenoxy) is 3. The molecular formula is C15H22N2O4. The summed E-state index contributed by atoms with van der Waals surface area (Å²) in [6, 6.07) is 3.47. The van der Waals surface area contributed by atoms with E-state index in [9.17, 15) is 4.79 Å². The second-order valence-corrected chi connectivity index (χ2v) is 5.00. The van der Waals surface area contributed by atoms with Gasteiger partial charge >= 0.3 is 0 Å². The second kappa shape index (κ2) is 7.17. The van der Waals surface area contributed by atoms with Gasteiger partial charge in [-0.15, -0.1) is 0 Å². The van der Waals surface area contributed by atoms with Crippen LogP contribution in [0.3, 0.4) is 0 Å². The van der Waals surface area contributed by atoms with Crippen molar-refractivity contribution in [3.63, 3.8) is 0 Å². The van der Waals surface area contributed by atoms with Crippen LogP contribution in [0.4, 0.5) is 5.69 Å². The van der Waals surface area contributed by atoms with Crippen molar-refractivity contribution < 1.29 is 19.0 Å². The molecule has 0 aromatic heterocycles. The molecule has 1 aliphatic carbocycles.